The zero-order valence-electron chi connectivity index (χ0n) is 14.3. The van der Waals surface area contributed by atoms with E-state index in [9.17, 15) is 9.90 Å². The van der Waals surface area contributed by atoms with Crippen LogP contribution in [-0.2, 0) is 4.74 Å². The molecule has 0 spiro atoms. The van der Waals surface area contributed by atoms with Crippen LogP contribution in [0.15, 0.2) is 30.3 Å². The fourth-order valence-corrected chi connectivity index (χ4v) is 2.86. The summed E-state index contributed by atoms with van der Waals surface area (Å²) in [6.07, 6.45) is 1.40. The Labute approximate surface area is 138 Å². The van der Waals surface area contributed by atoms with E-state index in [1.807, 2.05) is 51.1 Å². The first-order valence-electron chi connectivity index (χ1n) is 8.25. The molecule has 0 radical (unpaired) electrons. The van der Waals surface area contributed by atoms with Crippen molar-refractivity contribution in [2.45, 2.75) is 57.3 Å². The van der Waals surface area contributed by atoms with Gasteiger partial charge in [0.25, 0.3) is 0 Å². The van der Waals surface area contributed by atoms with Gasteiger partial charge in [-0.25, -0.2) is 4.79 Å². The van der Waals surface area contributed by atoms with E-state index in [4.69, 9.17) is 4.74 Å². The van der Waals surface area contributed by atoms with E-state index in [-0.39, 0.29) is 6.04 Å². The molecule has 0 aromatic heterocycles. The van der Waals surface area contributed by atoms with Crippen LogP contribution in [0, 0.1) is 0 Å². The normalized spacial score (nSPS) is 19.0. The van der Waals surface area contributed by atoms with E-state index in [0.29, 0.717) is 19.3 Å². The maximum absolute atomic E-state index is 12.2. The highest BCUT2D eigenvalue weighted by atomic mass is 16.6. The maximum Gasteiger partial charge on any atom is 0.408 e. The molecule has 1 atom stereocenters. The number of rotatable bonds is 4. The predicted molar refractivity (Wildman–Crippen MR) is 90.2 cm³/mol. The van der Waals surface area contributed by atoms with Crippen molar-refractivity contribution in [2.75, 3.05) is 13.1 Å². The molecule has 23 heavy (non-hydrogen) atoms. The van der Waals surface area contributed by atoms with Crippen LogP contribution in [0.1, 0.15) is 51.6 Å². The third-order valence-corrected chi connectivity index (χ3v) is 4.01. The van der Waals surface area contributed by atoms with E-state index in [1.165, 1.54) is 0 Å². The fraction of sp³-hybridized carbons (Fsp3) is 0.611. The number of ether oxygens (including phenoxy) is 1. The smallest absolute Gasteiger partial charge is 0.408 e. The minimum absolute atomic E-state index is 0.269. The van der Waals surface area contributed by atoms with Gasteiger partial charge in [-0.2, -0.15) is 0 Å². The summed E-state index contributed by atoms with van der Waals surface area (Å²) in [6, 6.07) is 9.47. The summed E-state index contributed by atoms with van der Waals surface area (Å²) < 4.78 is 5.37. The minimum atomic E-state index is -0.763. The number of benzene rings is 1. The van der Waals surface area contributed by atoms with Gasteiger partial charge in [0.05, 0.1) is 11.6 Å². The van der Waals surface area contributed by atoms with Gasteiger partial charge in [-0.3, -0.25) is 0 Å². The Morgan fingerprint density at radius 3 is 2.48 bits per heavy atom. The molecule has 2 rings (SSSR count). The van der Waals surface area contributed by atoms with Gasteiger partial charge in [0.2, 0.25) is 0 Å². The lowest BCUT2D eigenvalue weighted by Crippen LogP contribution is -2.45. The second-order valence-electron chi connectivity index (χ2n) is 7.29. The number of piperidine rings is 1. The van der Waals surface area contributed by atoms with Gasteiger partial charge in [-0.05, 0) is 52.3 Å². The molecule has 1 amide bonds. The number of hydrogen-bond donors (Lipinski definition) is 3. The Bertz CT molecular complexity index is 505. The maximum atomic E-state index is 12.2. The highest BCUT2D eigenvalue weighted by molar-refractivity contribution is 5.68. The largest absolute Gasteiger partial charge is 0.444 e. The molecule has 0 aliphatic carbocycles. The van der Waals surface area contributed by atoms with Crippen LogP contribution in [0.4, 0.5) is 4.79 Å². The Morgan fingerprint density at radius 2 is 1.91 bits per heavy atom. The number of nitrogens with one attached hydrogen (secondary N) is 2. The average molecular weight is 320 g/mol. The van der Waals surface area contributed by atoms with Crippen molar-refractivity contribution in [3.8, 4) is 0 Å². The summed E-state index contributed by atoms with van der Waals surface area (Å²) >= 11 is 0. The van der Waals surface area contributed by atoms with Crippen molar-refractivity contribution < 1.29 is 14.6 Å². The van der Waals surface area contributed by atoms with Gasteiger partial charge in [0.1, 0.15) is 5.60 Å². The lowest BCUT2D eigenvalue weighted by Gasteiger charge is -2.36. The molecule has 3 N–H and O–H groups in total. The van der Waals surface area contributed by atoms with E-state index in [1.54, 1.807) is 0 Å². The van der Waals surface area contributed by atoms with Crippen molar-refractivity contribution in [1.82, 2.24) is 10.6 Å². The monoisotopic (exact) mass is 320 g/mol. The summed E-state index contributed by atoms with van der Waals surface area (Å²) in [6.45, 7) is 7.11. The van der Waals surface area contributed by atoms with Crippen molar-refractivity contribution in [3.63, 3.8) is 0 Å². The first kappa shape index (κ1) is 17.8. The molecule has 1 fully saturated rings. The van der Waals surface area contributed by atoms with Crippen LogP contribution in [0.25, 0.3) is 0 Å². The van der Waals surface area contributed by atoms with E-state index >= 15 is 0 Å². The van der Waals surface area contributed by atoms with Crippen molar-refractivity contribution >= 4 is 6.09 Å². The number of hydrogen-bond acceptors (Lipinski definition) is 4. The summed E-state index contributed by atoms with van der Waals surface area (Å²) in [5, 5.41) is 17.0. The summed E-state index contributed by atoms with van der Waals surface area (Å²) in [5.41, 5.74) is -0.331. The topological polar surface area (TPSA) is 70.6 Å². The van der Waals surface area contributed by atoms with Crippen LogP contribution in [0.5, 0.6) is 0 Å². The highest BCUT2D eigenvalue weighted by Gasteiger charge is 2.33. The Kier molecular flexibility index (Phi) is 5.65. The molecule has 128 valence electrons. The fourth-order valence-electron chi connectivity index (χ4n) is 2.86. The summed E-state index contributed by atoms with van der Waals surface area (Å²) in [5.74, 6) is 0. The van der Waals surface area contributed by atoms with Crippen LogP contribution in [-0.4, -0.2) is 35.5 Å². The van der Waals surface area contributed by atoms with Gasteiger partial charge >= 0.3 is 6.09 Å². The predicted octanol–water partition coefficient (Wildman–Crippen LogP) is 2.76. The molecular weight excluding hydrogens is 292 g/mol. The van der Waals surface area contributed by atoms with E-state index in [2.05, 4.69) is 10.6 Å². The van der Waals surface area contributed by atoms with Crippen molar-refractivity contribution in [1.29, 1.82) is 0 Å². The molecule has 1 heterocycles. The second-order valence-corrected chi connectivity index (χ2v) is 7.29. The summed E-state index contributed by atoms with van der Waals surface area (Å²) in [4.78, 5) is 12.2. The first-order chi connectivity index (χ1) is 10.8. The Hall–Kier alpha value is -1.59. The molecule has 5 nitrogen and oxygen atoms in total. The number of carbonyl (C=O) groups excluding carboxylic acids is 1. The SMILES string of the molecule is CC(C)(C)OC(=O)NC(CC1(O)CCNCC1)c1ccccc1. The molecule has 1 aromatic carbocycles. The third kappa shape index (κ3) is 5.84. The zero-order chi connectivity index (χ0) is 16.9. The number of aliphatic hydroxyl groups is 1. The van der Waals surface area contributed by atoms with Crippen LogP contribution < -0.4 is 10.6 Å². The van der Waals surface area contributed by atoms with Gasteiger partial charge < -0.3 is 20.5 Å². The molecule has 5 heteroatoms. The second kappa shape index (κ2) is 7.32. The molecule has 0 saturated carbocycles. The number of amides is 1. The van der Waals surface area contributed by atoms with Crippen molar-refractivity contribution in [3.05, 3.63) is 35.9 Å². The van der Waals surface area contributed by atoms with E-state index < -0.39 is 17.3 Å². The van der Waals surface area contributed by atoms with Crippen molar-refractivity contribution in [2.24, 2.45) is 0 Å². The third-order valence-electron chi connectivity index (χ3n) is 4.01. The lowest BCUT2D eigenvalue weighted by atomic mass is 9.84. The van der Waals surface area contributed by atoms with Gasteiger partial charge in [-0.15, -0.1) is 0 Å². The van der Waals surface area contributed by atoms with E-state index in [0.717, 1.165) is 18.7 Å². The summed E-state index contributed by atoms with van der Waals surface area (Å²) in [7, 11) is 0. The number of carbonyl (C=O) groups is 1. The molecule has 1 saturated heterocycles. The molecule has 1 aliphatic rings. The van der Waals surface area contributed by atoms with Crippen LogP contribution in [0.3, 0.4) is 0 Å². The molecule has 0 bridgehead atoms. The van der Waals surface area contributed by atoms with Gasteiger partial charge in [0, 0.05) is 6.42 Å². The van der Waals surface area contributed by atoms with Crippen LogP contribution in [0.2, 0.25) is 0 Å². The zero-order valence-corrected chi connectivity index (χ0v) is 14.3. The standard InChI is InChI=1S/C18H28N2O3/c1-17(2,3)23-16(21)20-15(14-7-5-4-6-8-14)13-18(22)9-11-19-12-10-18/h4-8,15,19,22H,9-13H2,1-3H3,(H,20,21). The Morgan fingerprint density at radius 1 is 1.30 bits per heavy atom. The lowest BCUT2D eigenvalue weighted by molar-refractivity contribution is -0.00841. The minimum Gasteiger partial charge on any atom is -0.444 e. The molecular formula is C18H28N2O3. The highest BCUT2D eigenvalue weighted by Crippen LogP contribution is 2.30. The number of alkyl carbamates (subject to hydrolysis) is 1. The first-order valence-corrected chi connectivity index (χ1v) is 8.25. The average Bonchev–Trinajstić information content (AvgIpc) is 2.46. The molecule has 1 unspecified atom stereocenters. The molecule has 1 aromatic rings. The Balaban J connectivity index is 2.10. The van der Waals surface area contributed by atoms with Gasteiger partial charge in [0.15, 0.2) is 0 Å². The van der Waals surface area contributed by atoms with Crippen LogP contribution >= 0.6 is 0 Å². The van der Waals surface area contributed by atoms with Gasteiger partial charge in [-0.1, -0.05) is 30.3 Å². The molecule has 1 aliphatic heterocycles. The quantitative estimate of drug-likeness (QED) is 0.798.